The standard InChI is InChI=1S/C24H29N5OS.C3H8/c1-5-8-19-15-29(14-17(19)6-2)31-23-11-22(28(4)16(23)3)24(30)27-13-18-9-7-10-21(26)20(18)12-25;1-3-2/h5-12,25H,2,13-15,26H2,1,3-4H3,(H,27,30);3H2,1-2H3/b8-5-,25-12?;. The maximum Gasteiger partial charge on any atom is 0.268 e. The summed E-state index contributed by atoms with van der Waals surface area (Å²) in [5.41, 5.74) is 12.1. The summed E-state index contributed by atoms with van der Waals surface area (Å²) >= 11 is 1.66. The van der Waals surface area contributed by atoms with Gasteiger partial charge in [-0.3, -0.25) is 4.79 Å². The number of benzene rings is 1. The van der Waals surface area contributed by atoms with Crippen LogP contribution >= 0.6 is 11.9 Å². The number of nitrogens with one attached hydrogen (secondary N) is 2. The minimum atomic E-state index is -0.156. The lowest BCUT2D eigenvalue weighted by Crippen LogP contribution is -2.25. The number of anilines is 1. The maximum atomic E-state index is 12.9. The third-order valence-corrected chi connectivity index (χ3v) is 6.61. The van der Waals surface area contributed by atoms with Crippen LogP contribution in [0.25, 0.3) is 0 Å². The molecule has 0 fully saturated rings. The Kier molecular flexibility index (Phi) is 10.4. The largest absolute Gasteiger partial charge is 0.398 e. The van der Waals surface area contributed by atoms with Gasteiger partial charge in [0.1, 0.15) is 5.69 Å². The number of carbonyl (C=O) groups excluding carboxylic acids is 1. The topological polar surface area (TPSA) is 87.1 Å². The van der Waals surface area contributed by atoms with Crippen molar-refractivity contribution in [1.29, 1.82) is 5.41 Å². The molecule has 4 N–H and O–H groups in total. The van der Waals surface area contributed by atoms with Gasteiger partial charge >= 0.3 is 0 Å². The number of nitrogen functional groups attached to an aromatic ring is 1. The third kappa shape index (κ3) is 6.52. The van der Waals surface area contributed by atoms with Crippen LogP contribution in [0.15, 0.2) is 65.1 Å². The SMILES string of the molecule is C=CC1=C(/C=C\C)CN(Sc2cc(C(=O)NCc3cccc(N)c3C=N)n(C)c2C)C1.CCC. The van der Waals surface area contributed by atoms with Crippen LogP contribution in [0.4, 0.5) is 5.69 Å². The van der Waals surface area contributed by atoms with Crippen molar-refractivity contribution < 1.29 is 4.79 Å². The molecule has 0 saturated carbocycles. The van der Waals surface area contributed by atoms with E-state index >= 15 is 0 Å². The van der Waals surface area contributed by atoms with Crippen molar-refractivity contribution in [2.45, 2.75) is 45.6 Å². The zero-order valence-corrected chi connectivity index (χ0v) is 21.8. The predicted molar refractivity (Wildman–Crippen MR) is 145 cm³/mol. The molecule has 182 valence electrons. The second-order valence-electron chi connectivity index (χ2n) is 8.14. The van der Waals surface area contributed by atoms with Crippen LogP contribution in [0.3, 0.4) is 0 Å². The number of hydrogen-bond acceptors (Lipinski definition) is 5. The van der Waals surface area contributed by atoms with Gasteiger partial charge in [0.15, 0.2) is 0 Å². The second kappa shape index (κ2) is 13.0. The summed E-state index contributed by atoms with van der Waals surface area (Å²) in [5.74, 6) is -0.156. The van der Waals surface area contributed by atoms with Crippen LogP contribution in [0.2, 0.25) is 0 Å². The molecule has 0 aliphatic carbocycles. The van der Waals surface area contributed by atoms with E-state index in [-0.39, 0.29) is 5.91 Å². The van der Waals surface area contributed by atoms with Gasteiger partial charge in [0.2, 0.25) is 0 Å². The van der Waals surface area contributed by atoms with Crippen LogP contribution in [0, 0.1) is 12.3 Å². The fourth-order valence-corrected chi connectivity index (χ4v) is 4.73. The molecular formula is C27H37N5OS. The summed E-state index contributed by atoms with van der Waals surface area (Å²) in [5, 5.41) is 10.5. The number of amides is 1. The van der Waals surface area contributed by atoms with Gasteiger partial charge in [0.25, 0.3) is 5.91 Å². The Morgan fingerprint density at radius 2 is 1.97 bits per heavy atom. The van der Waals surface area contributed by atoms with Crippen molar-refractivity contribution in [2.24, 2.45) is 7.05 Å². The Morgan fingerprint density at radius 3 is 2.59 bits per heavy atom. The zero-order valence-electron chi connectivity index (χ0n) is 20.9. The summed E-state index contributed by atoms with van der Waals surface area (Å²) < 4.78 is 4.19. The van der Waals surface area contributed by atoms with Crippen molar-refractivity contribution in [3.63, 3.8) is 0 Å². The highest BCUT2D eigenvalue weighted by Crippen LogP contribution is 2.33. The minimum Gasteiger partial charge on any atom is -0.398 e. The molecule has 6 nitrogen and oxygen atoms in total. The van der Waals surface area contributed by atoms with Gasteiger partial charge in [0.05, 0.1) is 0 Å². The molecule has 7 heteroatoms. The van der Waals surface area contributed by atoms with Crippen molar-refractivity contribution in [1.82, 2.24) is 14.2 Å². The van der Waals surface area contributed by atoms with Crippen LogP contribution in [-0.4, -0.2) is 34.1 Å². The Balaban J connectivity index is 0.00000129. The van der Waals surface area contributed by atoms with E-state index in [1.54, 1.807) is 18.0 Å². The molecule has 2 heterocycles. The summed E-state index contributed by atoms with van der Waals surface area (Å²) in [4.78, 5) is 13.9. The van der Waals surface area contributed by atoms with Crippen LogP contribution in [-0.2, 0) is 13.6 Å². The maximum absolute atomic E-state index is 12.9. The molecular weight excluding hydrogens is 442 g/mol. The molecule has 2 aromatic rings. The molecule has 0 radical (unpaired) electrons. The predicted octanol–water partition coefficient (Wildman–Crippen LogP) is 5.64. The molecule has 1 aliphatic rings. The van der Waals surface area contributed by atoms with Crippen molar-refractivity contribution in [3.05, 3.63) is 82.7 Å². The number of carbonyl (C=O) groups is 1. The molecule has 1 amide bonds. The van der Waals surface area contributed by atoms with Crippen LogP contribution in [0.1, 0.15) is 54.5 Å². The van der Waals surface area contributed by atoms with Gasteiger partial charge in [-0.2, -0.15) is 0 Å². The first-order valence-electron chi connectivity index (χ1n) is 11.5. The number of nitrogens with zero attached hydrogens (tertiary/aromatic N) is 2. The van der Waals surface area contributed by atoms with E-state index < -0.39 is 0 Å². The first-order valence-corrected chi connectivity index (χ1v) is 12.3. The molecule has 0 atom stereocenters. The monoisotopic (exact) mass is 479 g/mol. The van der Waals surface area contributed by atoms with E-state index in [9.17, 15) is 4.79 Å². The fourth-order valence-electron chi connectivity index (χ4n) is 3.61. The second-order valence-corrected chi connectivity index (χ2v) is 9.28. The first-order chi connectivity index (χ1) is 16.3. The fraction of sp³-hybridized carbons (Fsp3) is 0.333. The van der Waals surface area contributed by atoms with Gasteiger partial charge in [-0.15, -0.1) is 0 Å². The summed E-state index contributed by atoms with van der Waals surface area (Å²) in [6.07, 6.45) is 8.58. The van der Waals surface area contributed by atoms with Crippen molar-refractivity contribution >= 4 is 29.8 Å². The lowest BCUT2D eigenvalue weighted by molar-refractivity contribution is 0.0942. The van der Waals surface area contributed by atoms with Gasteiger partial charge in [-0.1, -0.05) is 57.2 Å². The molecule has 1 aromatic carbocycles. The van der Waals surface area contributed by atoms with E-state index in [4.69, 9.17) is 11.1 Å². The van der Waals surface area contributed by atoms with Crippen LogP contribution < -0.4 is 11.1 Å². The highest BCUT2D eigenvalue weighted by atomic mass is 32.2. The van der Waals surface area contributed by atoms with E-state index in [0.29, 0.717) is 23.5 Å². The van der Waals surface area contributed by atoms with Gasteiger partial charge in [-0.05, 0) is 54.6 Å². The van der Waals surface area contributed by atoms with E-state index in [1.807, 2.05) is 55.8 Å². The molecule has 1 aliphatic heterocycles. The molecule has 34 heavy (non-hydrogen) atoms. The zero-order chi connectivity index (χ0) is 25.3. The van der Waals surface area contributed by atoms with E-state index in [1.165, 1.54) is 23.8 Å². The van der Waals surface area contributed by atoms with E-state index in [2.05, 4.69) is 36.1 Å². The number of nitrogens with two attached hydrogens (primary N) is 1. The van der Waals surface area contributed by atoms with Crippen LogP contribution in [0.5, 0.6) is 0 Å². The smallest absolute Gasteiger partial charge is 0.268 e. The quantitative estimate of drug-likeness (QED) is 0.260. The summed E-state index contributed by atoms with van der Waals surface area (Å²) in [6.45, 7) is 14.2. The van der Waals surface area contributed by atoms with Crippen molar-refractivity contribution in [3.8, 4) is 0 Å². The summed E-state index contributed by atoms with van der Waals surface area (Å²) in [7, 11) is 1.90. The van der Waals surface area contributed by atoms with Crippen molar-refractivity contribution in [2.75, 3.05) is 18.8 Å². The Morgan fingerprint density at radius 1 is 1.29 bits per heavy atom. The normalized spacial score (nSPS) is 13.7. The highest BCUT2D eigenvalue weighted by molar-refractivity contribution is 7.97. The Bertz CT molecular complexity index is 1100. The Labute approximate surface area is 208 Å². The number of aromatic nitrogens is 1. The molecule has 0 spiro atoms. The van der Waals surface area contributed by atoms with Gasteiger partial charge < -0.3 is 21.0 Å². The van der Waals surface area contributed by atoms with Gasteiger partial charge in [0, 0.05) is 54.7 Å². The summed E-state index contributed by atoms with van der Waals surface area (Å²) in [6, 6.07) is 7.39. The lowest BCUT2D eigenvalue weighted by atomic mass is 10.1. The van der Waals surface area contributed by atoms with Gasteiger partial charge in [-0.25, -0.2) is 4.31 Å². The number of rotatable bonds is 8. The minimum absolute atomic E-state index is 0.156. The third-order valence-electron chi connectivity index (χ3n) is 5.48. The molecule has 1 aromatic heterocycles. The van der Waals surface area contributed by atoms with E-state index in [0.717, 1.165) is 29.2 Å². The molecule has 0 saturated heterocycles. The number of hydrogen-bond donors (Lipinski definition) is 3. The molecule has 0 unspecified atom stereocenters. The lowest BCUT2D eigenvalue weighted by Gasteiger charge is -2.14. The molecule has 0 bridgehead atoms. The first kappa shape index (κ1) is 27.2. The number of allylic oxidation sites excluding steroid dienone is 1. The average Bonchev–Trinajstić information content (AvgIpc) is 3.33. The Hall–Kier alpha value is -3.03. The average molecular weight is 480 g/mol. The molecule has 3 rings (SSSR count). The highest BCUT2D eigenvalue weighted by Gasteiger charge is 2.23.